The number of allylic oxidation sites excluding steroid dienone is 2. The quantitative estimate of drug-likeness (QED) is 0.493. The zero-order chi connectivity index (χ0) is 5.98. The summed E-state index contributed by atoms with van der Waals surface area (Å²) >= 11 is 3.16. The molecule has 0 saturated heterocycles. The number of hydrogen-bond donors (Lipinski definition) is 0. The molecular formula is C5H2BrN2-. The summed E-state index contributed by atoms with van der Waals surface area (Å²) in [4.78, 5) is 3.73. The molecule has 0 N–H and O–H groups in total. The molecule has 0 unspecified atom stereocenters. The van der Waals surface area contributed by atoms with Gasteiger partial charge in [0.15, 0.2) is 0 Å². The van der Waals surface area contributed by atoms with Crippen LogP contribution in [-0.2, 0) is 0 Å². The SMILES string of the molecule is [N-]=C=C1C=C(Br)C=N1. The van der Waals surface area contributed by atoms with Crippen molar-refractivity contribution < 1.29 is 0 Å². The molecule has 0 aliphatic carbocycles. The van der Waals surface area contributed by atoms with E-state index in [-0.39, 0.29) is 0 Å². The maximum atomic E-state index is 8.22. The van der Waals surface area contributed by atoms with E-state index in [4.69, 9.17) is 5.41 Å². The lowest BCUT2D eigenvalue weighted by Crippen LogP contribution is -1.60. The summed E-state index contributed by atoms with van der Waals surface area (Å²) in [6.07, 6.45) is 3.26. The summed E-state index contributed by atoms with van der Waals surface area (Å²) in [5.74, 6) is 1.91. The van der Waals surface area contributed by atoms with Crippen molar-refractivity contribution in [3.8, 4) is 0 Å². The Labute approximate surface area is 55.3 Å². The molecule has 3 heteroatoms. The van der Waals surface area contributed by atoms with Crippen LogP contribution in [0.2, 0.25) is 0 Å². The minimum Gasteiger partial charge on any atom is -0.761 e. The first kappa shape index (κ1) is 5.48. The number of nitrogens with zero attached hydrogens (tertiary/aromatic N) is 2. The summed E-state index contributed by atoms with van der Waals surface area (Å²) in [7, 11) is 0. The van der Waals surface area contributed by atoms with E-state index in [0.29, 0.717) is 5.70 Å². The molecule has 0 aromatic carbocycles. The third kappa shape index (κ3) is 0.941. The van der Waals surface area contributed by atoms with Gasteiger partial charge in [-0.1, -0.05) is 0 Å². The first-order valence-corrected chi connectivity index (χ1v) is 2.80. The molecule has 0 aromatic heterocycles. The number of rotatable bonds is 0. The van der Waals surface area contributed by atoms with Crippen molar-refractivity contribution >= 4 is 28.0 Å². The lowest BCUT2D eigenvalue weighted by Gasteiger charge is -1.78. The van der Waals surface area contributed by atoms with Gasteiger partial charge in [-0.05, 0) is 22.0 Å². The first-order chi connectivity index (χ1) is 3.83. The Morgan fingerprint density at radius 1 is 1.75 bits per heavy atom. The molecule has 0 amide bonds. The normalized spacial score (nSPS) is 16.1. The lowest BCUT2D eigenvalue weighted by molar-refractivity contribution is 1.53. The topological polar surface area (TPSA) is 34.7 Å². The molecule has 40 valence electrons. The average Bonchev–Trinajstić information content (AvgIpc) is 2.14. The standard InChI is InChI=1S/C5H2BrN2/c6-4-1-5(2-7)8-3-4/h1,3H/q-1. The van der Waals surface area contributed by atoms with Crippen LogP contribution in [0, 0.1) is 0 Å². The molecule has 0 spiro atoms. The van der Waals surface area contributed by atoms with Gasteiger partial charge in [0, 0.05) is 10.7 Å². The molecule has 0 bridgehead atoms. The highest BCUT2D eigenvalue weighted by Gasteiger charge is 1.94. The van der Waals surface area contributed by atoms with Gasteiger partial charge in [-0.2, -0.15) is 0 Å². The smallest absolute Gasteiger partial charge is 0.0830 e. The fraction of sp³-hybridized carbons (Fsp3) is 0. The fourth-order valence-corrected chi connectivity index (χ4v) is 0.717. The number of halogens is 1. The summed E-state index contributed by atoms with van der Waals surface area (Å²) in [6, 6.07) is 0. The van der Waals surface area contributed by atoms with Crippen LogP contribution in [0.3, 0.4) is 0 Å². The lowest BCUT2D eigenvalue weighted by atomic mass is 10.5. The fourth-order valence-electron chi connectivity index (χ4n) is 0.397. The van der Waals surface area contributed by atoms with Gasteiger partial charge in [-0.25, -0.2) is 10.9 Å². The van der Waals surface area contributed by atoms with Crippen LogP contribution >= 0.6 is 15.9 Å². The highest BCUT2D eigenvalue weighted by molar-refractivity contribution is 9.12. The van der Waals surface area contributed by atoms with Crippen molar-refractivity contribution in [3.05, 3.63) is 21.7 Å². The molecule has 0 atom stereocenters. The van der Waals surface area contributed by atoms with E-state index in [1.807, 2.05) is 5.87 Å². The van der Waals surface area contributed by atoms with Gasteiger partial charge < -0.3 is 5.41 Å². The number of hydrogen-bond acceptors (Lipinski definition) is 1. The first-order valence-electron chi connectivity index (χ1n) is 2.01. The Kier molecular flexibility index (Phi) is 1.42. The molecule has 2 nitrogen and oxygen atoms in total. The Morgan fingerprint density at radius 2 is 2.50 bits per heavy atom. The van der Waals surface area contributed by atoms with Gasteiger partial charge in [0.2, 0.25) is 0 Å². The Morgan fingerprint density at radius 3 is 2.75 bits per heavy atom. The molecular weight excluding hydrogens is 168 g/mol. The Hall–Kier alpha value is -0.660. The summed E-state index contributed by atoms with van der Waals surface area (Å²) in [6.45, 7) is 0. The van der Waals surface area contributed by atoms with Gasteiger partial charge in [-0.15, -0.1) is 0 Å². The second kappa shape index (κ2) is 2.07. The van der Waals surface area contributed by atoms with Gasteiger partial charge in [0.1, 0.15) is 0 Å². The predicted octanol–water partition coefficient (Wildman–Crippen LogP) is 1.47. The molecule has 0 fully saturated rings. The third-order valence-electron chi connectivity index (χ3n) is 0.716. The molecule has 1 aliphatic heterocycles. The van der Waals surface area contributed by atoms with E-state index in [1.54, 1.807) is 12.3 Å². The average molecular weight is 170 g/mol. The maximum Gasteiger partial charge on any atom is 0.0830 e. The molecule has 0 radical (unpaired) electrons. The third-order valence-corrected chi connectivity index (χ3v) is 1.15. The predicted molar refractivity (Wildman–Crippen MR) is 37.4 cm³/mol. The van der Waals surface area contributed by atoms with Crippen molar-refractivity contribution in [3.63, 3.8) is 0 Å². The maximum absolute atomic E-state index is 8.22. The van der Waals surface area contributed by atoms with Crippen LogP contribution in [0.4, 0.5) is 0 Å². The van der Waals surface area contributed by atoms with E-state index in [9.17, 15) is 0 Å². The zero-order valence-electron chi connectivity index (χ0n) is 3.93. The Balaban J connectivity index is 3.01. The molecule has 1 heterocycles. The van der Waals surface area contributed by atoms with Crippen LogP contribution in [-0.4, -0.2) is 12.1 Å². The Bertz CT molecular complexity index is 208. The van der Waals surface area contributed by atoms with Crippen molar-refractivity contribution in [1.82, 2.24) is 0 Å². The summed E-state index contributed by atoms with van der Waals surface area (Å²) in [5.41, 5.74) is 0.455. The minimum atomic E-state index is 0.455. The van der Waals surface area contributed by atoms with E-state index >= 15 is 0 Å². The molecule has 0 aromatic rings. The van der Waals surface area contributed by atoms with Gasteiger partial charge in [0.25, 0.3) is 0 Å². The van der Waals surface area contributed by atoms with Crippen molar-refractivity contribution in [2.45, 2.75) is 0 Å². The van der Waals surface area contributed by atoms with Crippen molar-refractivity contribution in [2.24, 2.45) is 4.99 Å². The van der Waals surface area contributed by atoms with Crippen LogP contribution < -0.4 is 0 Å². The zero-order valence-corrected chi connectivity index (χ0v) is 5.51. The van der Waals surface area contributed by atoms with Crippen molar-refractivity contribution in [2.75, 3.05) is 0 Å². The highest BCUT2D eigenvalue weighted by Crippen LogP contribution is 2.12. The summed E-state index contributed by atoms with van der Waals surface area (Å²) < 4.78 is 0.856. The highest BCUT2D eigenvalue weighted by atomic mass is 79.9. The van der Waals surface area contributed by atoms with Crippen molar-refractivity contribution in [1.29, 1.82) is 0 Å². The molecule has 0 saturated carbocycles. The monoisotopic (exact) mass is 169 g/mol. The van der Waals surface area contributed by atoms with Gasteiger partial charge >= 0.3 is 0 Å². The molecule has 1 rings (SSSR count). The van der Waals surface area contributed by atoms with Gasteiger partial charge in [0.05, 0.1) is 5.70 Å². The second-order valence-corrected chi connectivity index (χ2v) is 2.20. The van der Waals surface area contributed by atoms with E-state index in [1.165, 1.54) is 0 Å². The van der Waals surface area contributed by atoms with E-state index in [2.05, 4.69) is 20.9 Å². The van der Waals surface area contributed by atoms with E-state index < -0.39 is 0 Å². The van der Waals surface area contributed by atoms with E-state index in [0.717, 1.165) is 4.48 Å². The van der Waals surface area contributed by atoms with Crippen LogP contribution in [0.15, 0.2) is 21.2 Å². The molecule has 1 aliphatic rings. The van der Waals surface area contributed by atoms with Crippen LogP contribution in [0.5, 0.6) is 0 Å². The number of aliphatic imine (C=N–C) groups is 1. The largest absolute Gasteiger partial charge is 0.761 e. The summed E-state index contributed by atoms with van der Waals surface area (Å²) in [5, 5.41) is 8.22. The van der Waals surface area contributed by atoms with Gasteiger partial charge in [-0.3, -0.25) is 0 Å². The van der Waals surface area contributed by atoms with Crippen LogP contribution in [0.1, 0.15) is 0 Å². The van der Waals surface area contributed by atoms with Crippen LogP contribution in [0.25, 0.3) is 5.41 Å². The minimum absolute atomic E-state index is 0.455. The molecule has 8 heavy (non-hydrogen) atoms. The second-order valence-electron chi connectivity index (χ2n) is 1.28.